The van der Waals surface area contributed by atoms with Crippen LogP contribution in [0, 0.1) is 4.77 Å². The van der Waals surface area contributed by atoms with Crippen molar-refractivity contribution in [3.05, 3.63) is 50.1 Å². The number of benzene rings is 2. The van der Waals surface area contributed by atoms with E-state index in [4.69, 9.17) is 17.0 Å². The van der Waals surface area contributed by atoms with Crippen molar-refractivity contribution in [3.63, 3.8) is 0 Å². The lowest BCUT2D eigenvalue weighted by atomic mass is 10.2. The summed E-state index contributed by atoms with van der Waals surface area (Å²) in [6.45, 7) is 0. The third kappa shape index (κ3) is 2.43. The van der Waals surface area contributed by atoms with Crippen LogP contribution in [0.2, 0.25) is 0 Å². The number of nitrogens with one attached hydrogen (secondary N) is 1. The van der Waals surface area contributed by atoms with Crippen molar-refractivity contribution in [2.75, 3.05) is 7.11 Å². The average molecular weight is 414 g/mol. The van der Waals surface area contributed by atoms with Crippen molar-refractivity contribution in [1.82, 2.24) is 9.55 Å². The number of hydrogen-bond acceptors (Lipinski definition) is 2. The Morgan fingerprint density at radius 1 is 1.10 bits per heavy atom. The van der Waals surface area contributed by atoms with E-state index in [-0.39, 0.29) is 0 Å². The molecule has 1 aromatic heterocycles. The van der Waals surface area contributed by atoms with Gasteiger partial charge in [0.15, 0.2) is 4.77 Å². The molecule has 0 saturated heterocycles. The first kappa shape index (κ1) is 13.9. The van der Waals surface area contributed by atoms with Gasteiger partial charge in [-0.05, 0) is 42.5 Å². The highest BCUT2D eigenvalue weighted by Crippen LogP contribution is 2.28. The maximum Gasteiger partial charge on any atom is 0.182 e. The molecule has 0 unspecified atom stereocenters. The van der Waals surface area contributed by atoms with Crippen molar-refractivity contribution < 1.29 is 4.74 Å². The van der Waals surface area contributed by atoms with Crippen molar-refractivity contribution in [2.24, 2.45) is 0 Å². The van der Waals surface area contributed by atoms with E-state index in [1.54, 1.807) is 7.11 Å². The predicted molar refractivity (Wildman–Crippen MR) is 90.4 cm³/mol. The summed E-state index contributed by atoms with van der Waals surface area (Å²) in [5.74, 6) is 0.780. The van der Waals surface area contributed by atoms with Gasteiger partial charge in [0.2, 0.25) is 0 Å². The number of ether oxygens (including phenoxy) is 1. The monoisotopic (exact) mass is 412 g/mol. The van der Waals surface area contributed by atoms with Crippen molar-refractivity contribution in [1.29, 1.82) is 0 Å². The van der Waals surface area contributed by atoms with Gasteiger partial charge in [-0.2, -0.15) is 0 Å². The molecule has 0 aliphatic rings. The summed E-state index contributed by atoms with van der Waals surface area (Å²) in [7, 11) is 1.65. The van der Waals surface area contributed by atoms with Crippen LogP contribution in [0.5, 0.6) is 5.75 Å². The van der Waals surface area contributed by atoms with Crippen LogP contribution >= 0.6 is 44.1 Å². The van der Waals surface area contributed by atoms with Gasteiger partial charge >= 0.3 is 0 Å². The molecule has 0 fully saturated rings. The maximum atomic E-state index is 5.44. The number of fused-ring (bicyclic) bond motifs is 1. The molecule has 0 saturated carbocycles. The standard InChI is InChI=1S/C14H10Br2N2OS/c1-19-11-5-9(16)4-10(7-11)18-13-3-2-8(15)6-12(13)17-14(18)20/h2-7H,1H3,(H,17,20). The molecule has 0 atom stereocenters. The summed E-state index contributed by atoms with van der Waals surface area (Å²) in [5.41, 5.74) is 2.97. The van der Waals surface area contributed by atoms with Crippen LogP contribution in [-0.4, -0.2) is 16.7 Å². The summed E-state index contributed by atoms with van der Waals surface area (Å²) in [6, 6.07) is 11.9. The zero-order chi connectivity index (χ0) is 14.3. The van der Waals surface area contributed by atoms with E-state index in [2.05, 4.69) is 36.8 Å². The molecule has 3 rings (SSSR count). The van der Waals surface area contributed by atoms with Crippen LogP contribution in [0.1, 0.15) is 0 Å². The predicted octanol–water partition coefficient (Wildman–Crippen LogP) is 5.22. The molecule has 1 N–H and O–H groups in total. The number of aromatic nitrogens is 2. The number of halogens is 2. The number of methoxy groups -OCH3 is 1. The third-order valence-electron chi connectivity index (χ3n) is 2.99. The molecule has 0 aliphatic carbocycles. The normalized spacial score (nSPS) is 10.9. The zero-order valence-corrected chi connectivity index (χ0v) is 14.5. The Morgan fingerprint density at radius 3 is 2.65 bits per heavy atom. The number of rotatable bonds is 2. The van der Waals surface area contributed by atoms with Crippen LogP contribution < -0.4 is 4.74 Å². The molecule has 3 aromatic rings. The molecule has 3 nitrogen and oxygen atoms in total. The Kier molecular flexibility index (Phi) is 3.70. The van der Waals surface area contributed by atoms with Gasteiger partial charge in [0, 0.05) is 15.0 Å². The maximum absolute atomic E-state index is 5.44. The minimum Gasteiger partial charge on any atom is -0.497 e. The summed E-state index contributed by atoms with van der Waals surface area (Å²) in [5, 5.41) is 0. The highest BCUT2D eigenvalue weighted by molar-refractivity contribution is 9.10. The van der Waals surface area contributed by atoms with E-state index in [0.717, 1.165) is 31.4 Å². The van der Waals surface area contributed by atoms with Crippen molar-refractivity contribution in [2.45, 2.75) is 0 Å². The minimum atomic E-state index is 0.651. The van der Waals surface area contributed by atoms with Crippen LogP contribution in [0.4, 0.5) is 0 Å². The van der Waals surface area contributed by atoms with Gasteiger partial charge < -0.3 is 9.72 Å². The molecule has 102 valence electrons. The van der Waals surface area contributed by atoms with E-state index < -0.39 is 0 Å². The fourth-order valence-electron chi connectivity index (χ4n) is 2.14. The average Bonchev–Trinajstić information content (AvgIpc) is 2.72. The third-order valence-corrected chi connectivity index (χ3v) is 4.23. The van der Waals surface area contributed by atoms with Crippen LogP contribution in [0.15, 0.2) is 45.3 Å². The number of aromatic amines is 1. The van der Waals surface area contributed by atoms with Gasteiger partial charge in [-0.25, -0.2) is 0 Å². The first-order valence-electron chi connectivity index (χ1n) is 5.84. The molecule has 0 aliphatic heterocycles. The first-order valence-corrected chi connectivity index (χ1v) is 7.83. The first-order chi connectivity index (χ1) is 9.58. The minimum absolute atomic E-state index is 0.651. The molecule has 20 heavy (non-hydrogen) atoms. The summed E-state index contributed by atoms with van der Waals surface area (Å²) in [6.07, 6.45) is 0. The quantitative estimate of drug-likeness (QED) is 0.583. The number of H-pyrrole nitrogens is 1. The fraction of sp³-hybridized carbons (Fsp3) is 0.0714. The van der Waals surface area contributed by atoms with Crippen LogP contribution in [0.25, 0.3) is 16.7 Å². The molecule has 1 heterocycles. The van der Waals surface area contributed by atoms with Gasteiger partial charge in [0.25, 0.3) is 0 Å². The summed E-state index contributed by atoms with van der Waals surface area (Å²) in [4.78, 5) is 3.21. The molecule has 0 spiro atoms. The number of hydrogen-bond donors (Lipinski definition) is 1. The topological polar surface area (TPSA) is 29.9 Å². The van der Waals surface area contributed by atoms with Gasteiger partial charge in [0.1, 0.15) is 5.75 Å². The van der Waals surface area contributed by atoms with E-state index >= 15 is 0 Å². The summed E-state index contributed by atoms with van der Waals surface area (Å²) < 4.78 is 9.91. The fourth-order valence-corrected chi connectivity index (χ4v) is 3.27. The molecule has 2 aromatic carbocycles. The molecule has 6 heteroatoms. The smallest absolute Gasteiger partial charge is 0.182 e. The second-order valence-corrected chi connectivity index (χ2v) is 6.49. The highest BCUT2D eigenvalue weighted by atomic mass is 79.9. The van der Waals surface area contributed by atoms with E-state index in [9.17, 15) is 0 Å². The molecule has 0 radical (unpaired) electrons. The molecular formula is C14H10Br2N2OS. The zero-order valence-electron chi connectivity index (χ0n) is 10.5. The molecule has 0 amide bonds. The Balaban J connectivity index is 2.32. The Labute approximate surface area is 137 Å². The number of imidazole rings is 1. The van der Waals surface area contributed by atoms with Crippen LogP contribution in [0.3, 0.4) is 0 Å². The SMILES string of the molecule is COc1cc(Br)cc(-n2c(=S)[nH]c3cc(Br)ccc32)c1. The van der Waals surface area contributed by atoms with Gasteiger partial charge in [-0.3, -0.25) is 4.57 Å². The van der Waals surface area contributed by atoms with Crippen molar-refractivity contribution >= 4 is 55.1 Å². The van der Waals surface area contributed by atoms with E-state index in [0.29, 0.717) is 4.77 Å². The highest BCUT2D eigenvalue weighted by Gasteiger charge is 2.09. The molecular weight excluding hydrogens is 404 g/mol. The Bertz CT molecular complexity index is 854. The number of nitrogens with zero attached hydrogens (tertiary/aromatic N) is 1. The van der Waals surface area contributed by atoms with Gasteiger partial charge in [0.05, 0.1) is 23.8 Å². The van der Waals surface area contributed by atoms with E-state index in [1.165, 1.54) is 0 Å². The summed E-state index contributed by atoms with van der Waals surface area (Å²) >= 11 is 12.4. The van der Waals surface area contributed by atoms with Crippen molar-refractivity contribution in [3.8, 4) is 11.4 Å². The second-order valence-electron chi connectivity index (χ2n) is 4.28. The molecule has 0 bridgehead atoms. The lowest BCUT2D eigenvalue weighted by molar-refractivity contribution is 0.414. The van der Waals surface area contributed by atoms with Crippen LogP contribution in [-0.2, 0) is 0 Å². The lowest BCUT2D eigenvalue weighted by Gasteiger charge is -2.08. The largest absolute Gasteiger partial charge is 0.497 e. The Morgan fingerprint density at radius 2 is 1.90 bits per heavy atom. The second kappa shape index (κ2) is 5.35. The van der Waals surface area contributed by atoms with E-state index in [1.807, 2.05) is 41.0 Å². The Hall–Kier alpha value is -1.11. The lowest BCUT2D eigenvalue weighted by Crippen LogP contribution is -1.95. The van der Waals surface area contributed by atoms with Gasteiger partial charge in [-0.15, -0.1) is 0 Å². The van der Waals surface area contributed by atoms with Gasteiger partial charge in [-0.1, -0.05) is 31.9 Å².